The van der Waals surface area contributed by atoms with E-state index >= 15 is 0 Å². The van der Waals surface area contributed by atoms with Gasteiger partial charge in [-0.25, -0.2) is 0 Å². The van der Waals surface area contributed by atoms with Crippen molar-refractivity contribution in [2.75, 3.05) is 0 Å². The molecule has 0 saturated heterocycles. The zero-order valence-corrected chi connectivity index (χ0v) is 8.63. The molecular formula is C13H14O2. The Bertz CT molecular complexity index is 378. The molecule has 1 unspecified atom stereocenters. The second kappa shape index (κ2) is 5.94. The number of carbonyl (C=O) groups excluding carboxylic acids is 1. The van der Waals surface area contributed by atoms with Crippen molar-refractivity contribution in [2.24, 2.45) is 0 Å². The van der Waals surface area contributed by atoms with Crippen molar-refractivity contribution < 1.29 is 9.90 Å². The van der Waals surface area contributed by atoms with Crippen molar-refractivity contribution in [3.05, 3.63) is 59.7 Å². The van der Waals surface area contributed by atoms with E-state index in [9.17, 15) is 9.90 Å². The van der Waals surface area contributed by atoms with Crippen LogP contribution in [-0.2, 0) is 0 Å². The number of aldehydes is 1. The summed E-state index contributed by atoms with van der Waals surface area (Å²) in [6.45, 7) is 1.90. The Morgan fingerprint density at radius 2 is 2.00 bits per heavy atom. The maximum Gasteiger partial charge on any atom is 0.150 e. The third kappa shape index (κ3) is 3.18. The van der Waals surface area contributed by atoms with Gasteiger partial charge in [0.15, 0.2) is 0 Å². The lowest BCUT2D eigenvalue weighted by Gasteiger charge is -2.07. The van der Waals surface area contributed by atoms with E-state index in [1.54, 1.807) is 36.4 Å². The van der Waals surface area contributed by atoms with Gasteiger partial charge in [-0.3, -0.25) is 4.79 Å². The highest BCUT2D eigenvalue weighted by Gasteiger charge is 2.07. The molecule has 1 aromatic rings. The fourth-order valence-electron chi connectivity index (χ4n) is 1.27. The van der Waals surface area contributed by atoms with E-state index in [-0.39, 0.29) is 0 Å². The van der Waals surface area contributed by atoms with Gasteiger partial charge in [-0.2, -0.15) is 0 Å². The number of hydrogen-bond acceptors (Lipinski definition) is 2. The summed E-state index contributed by atoms with van der Waals surface area (Å²) in [4.78, 5) is 10.7. The van der Waals surface area contributed by atoms with E-state index in [0.29, 0.717) is 11.1 Å². The van der Waals surface area contributed by atoms with Crippen LogP contribution >= 0.6 is 0 Å². The summed E-state index contributed by atoms with van der Waals surface area (Å²) >= 11 is 0. The Labute approximate surface area is 89.6 Å². The van der Waals surface area contributed by atoms with Gasteiger partial charge in [-0.1, -0.05) is 48.6 Å². The molecule has 0 aliphatic carbocycles. The van der Waals surface area contributed by atoms with E-state index in [4.69, 9.17) is 0 Å². The Morgan fingerprint density at radius 1 is 1.27 bits per heavy atom. The molecule has 0 aliphatic rings. The van der Waals surface area contributed by atoms with E-state index in [1.165, 1.54) is 0 Å². The monoisotopic (exact) mass is 202 g/mol. The van der Waals surface area contributed by atoms with Crippen LogP contribution in [0.4, 0.5) is 0 Å². The number of benzene rings is 1. The fraction of sp³-hybridized carbons (Fsp3) is 0.154. The van der Waals surface area contributed by atoms with Gasteiger partial charge in [-0.15, -0.1) is 0 Å². The van der Waals surface area contributed by atoms with E-state index in [2.05, 4.69) is 0 Å². The molecule has 0 aliphatic heterocycles. The first-order chi connectivity index (χ1) is 7.29. The molecule has 0 radical (unpaired) electrons. The van der Waals surface area contributed by atoms with Gasteiger partial charge in [0.25, 0.3) is 0 Å². The van der Waals surface area contributed by atoms with Crippen LogP contribution in [-0.4, -0.2) is 11.4 Å². The minimum atomic E-state index is -0.734. The minimum Gasteiger partial charge on any atom is -0.384 e. The second-order valence-electron chi connectivity index (χ2n) is 3.10. The molecule has 15 heavy (non-hydrogen) atoms. The number of aliphatic hydroxyl groups is 1. The van der Waals surface area contributed by atoms with Gasteiger partial charge in [0.2, 0.25) is 0 Å². The quantitative estimate of drug-likeness (QED) is 0.602. The molecule has 0 spiro atoms. The van der Waals surface area contributed by atoms with Gasteiger partial charge in [0.1, 0.15) is 6.29 Å². The average Bonchev–Trinajstić information content (AvgIpc) is 2.29. The first-order valence-corrected chi connectivity index (χ1v) is 4.81. The molecule has 0 heterocycles. The Kier molecular flexibility index (Phi) is 4.51. The molecule has 1 N–H and O–H groups in total. The van der Waals surface area contributed by atoms with Crippen molar-refractivity contribution in [1.29, 1.82) is 0 Å². The third-order valence-electron chi connectivity index (χ3n) is 2.04. The number of carbonyl (C=O) groups is 1. The van der Waals surface area contributed by atoms with Crippen LogP contribution in [0, 0.1) is 0 Å². The fourth-order valence-corrected chi connectivity index (χ4v) is 1.27. The molecular weight excluding hydrogens is 188 g/mol. The van der Waals surface area contributed by atoms with Crippen LogP contribution in [0.5, 0.6) is 0 Å². The van der Waals surface area contributed by atoms with Gasteiger partial charge >= 0.3 is 0 Å². The summed E-state index contributed by atoms with van der Waals surface area (Å²) in [6.07, 6.45) is 7.11. The van der Waals surface area contributed by atoms with Crippen molar-refractivity contribution in [2.45, 2.75) is 13.0 Å². The Morgan fingerprint density at radius 3 is 2.67 bits per heavy atom. The largest absolute Gasteiger partial charge is 0.384 e. The second-order valence-corrected chi connectivity index (χ2v) is 3.10. The molecule has 1 rings (SSSR count). The summed E-state index contributed by atoms with van der Waals surface area (Å²) in [6, 6.07) is 7.01. The molecule has 1 atom stereocenters. The highest BCUT2D eigenvalue weighted by atomic mass is 16.3. The Hall–Kier alpha value is -1.67. The summed E-state index contributed by atoms with van der Waals surface area (Å²) < 4.78 is 0. The Balaban J connectivity index is 2.90. The number of allylic oxidation sites excluding steroid dienone is 3. The summed E-state index contributed by atoms with van der Waals surface area (Å²) in [5.41, 5.74) is 1.16. The maximum atomic E-state index is 10.7. The van der Waals surface area contributed by atoms with Gasteiger partial charge in [-0.05, 0) is 12.5 Å². The van der Waals surface area contributed by atoms with Gasteiger partial charge < -0.3 is 5.11 Å². The molecule has 2 nitrogen and oxygen atoms in total. The summed E-state index contributed by atoms with van der Waals surface area (Å²) in [7, 11) is 0. The van der Waals surface area contributed by atoms with Crippen LogP contribution in [0.25, 0.3) is 0 Å². The highest BCUT2D eigenvalue weighted by molar-refractivity contribution is 5.77. The average molecular weight is 202 g/mol. The van der Waals surface area contributed by atoms with Gasteiger partial charge in [0.05, 0.1) is 6.10 Å². The number of rotatable bonds is 4. The normalized spacial score (nSPS) is 13.5. The van der Waals surface area contributed by atoms with E-state index < -0.39 is 6.10 Å². The first-order valence-electron chi connectivity index (χ1n) is 4.81. The zero-order valence-electron chi connectivity index (χ0n) is 8.63. The van der Waals surface area contributed by atoms with Crippen molar-refractivity contribution in [1.82, 2.24) is 0 Å². The predicted molar refractivity (Wildman–Crippen MR) is 60.7 cm³/mol. The van der Waals surface area contributed by atoms with Gasteiger partial charge in [0, 0.05) is 5.56 Å². The number of hydrogen-bond donors (Lipinski definition) is 1. The van der Waals surface area contributed by atoms with Crippen molar-refractivity contribution in [3.8, 4) is 0 Å². The topological polar surface area (TPSA) is 37.3 Å². The SMILES string of the molecule is C/C=C/C=C/C(O)c1ccccc1C=O. The molecule has 0 aromatic heterocycles. The third-order valence-corrected chi connectivity index (χ3v) is 2.04. The number of aliphatic hydroxyl groups excluding tert-OH is 1. The summed E-state index contributed by atoms with van der Waals surface area (Å²) in [5, 5.41) is 9.78. The van der Waals surface area contributed by atoms with Crippen LogP contribution in [0.3, 0.4) is 0 Å². The van der Waals surface area contributed by atoms with Crippen molar-refractivity contribution in [3.63, 3.8) is 0 Å². The van der Waals surface area contributed by atoms with E-state index in [0.717, 1.165) is 6.29 Å². The molecule has 1 aromatic carbocycles. The van der Waals surface area contributed by atoms with Crippen LogP contribution < -0.4 is 0 Å². The molecule has 2 heteroatoms. The summed E-state index contributed by atoms with van der Waals surface area (Å²) in [5.74, 6) is 0. The van der Waals surface area contributed by atoms with Crippen LogP contribution in [0.2, 0.25) is 0 Å². The molecule has 78 valence electrons. The van der Waals surface area contributed by atoms with Crippen LogP contribution in [0.1, 0.15) is 28.9 Å². The molecule has 0 saturated carbocycles. The zero-order chi connectivity index (χ0) is 11.1. The van der Waals surface area contributed by atoms with Crippen molar-refractivity contribution >= 4 is 6.29 Å². The molecule has 0 amide bonds. The molecule has 0 bridgehead atoms. The van der Waals surface area contributed by atoms with E-state index in [1.807, 2.05) is 19.1 Å². The molecule has 0 fully saturated rings. The highest BCUT2D eigenvalue weighted by Crippen LogP contribution is 2.17. The predicted octanol–water partition coefficient (Wildman–Crippen LogP) is 2.66. The first kappa shape index (κ1) is 11.4. The maximum absolute atomic E-state index is 10.7. The lowest BCUT2D eigenvalue weighted by atomic mass is 10.0. The minimum absolute atomic E-state index is 0.523. The smallest absolute Gasteiger partial charge is 0.150 e. The standard InChI is InChI=1S/C13H14O2/c1-2-3-4-9-13(15)12-8-6-5-7-11(12)10-14/h2-10,13,15H,1H3/b3-2+,9-4+. The lowest BCUT2D eigenvalue weighted by Crippen LogP contribution is -1.98. The lowest BCUT2D eigenvalue weighted by molar-refractivity contribution is 0.111. The van der Waals surface area contributed by atoms with Crippen LogP contribution in [0.15, 0.2) is 48.6 Å².